The van der Waals surface area contributed by atoms with E-state index in [0.717, 1.165) is 31.2 Å². The predicted octanol–water partition coefficient (Wildman–Crippen LogP) is 4.08. The van der Waals surface area contributed by atoms with Crippen LogP contribution in [0.3, 0.4) is 0 Å². The van der Waals surface area contributed by atoms with Gasteiger partial charge < -0.3 is 5.32 Å². The number of benzene rings is 1. The molecule has 1 N–H and O–H groups in total. The first-order chi connectivity index (χ1) is 18.5. The molecule has 1 atom stereocenters. The molecule has 6 rings (SSSR count). The molecule has 2 aliphatic heterocycles. The molecule has 3 aliphatic rings. The molecule has 2 aromatic heterocycles. The SMILES string of the molecule is O=C(CC1C(=O)N=C2c3ccccc3N=C(SCc3cc(=O)n4cc(Cl)ccc4n3)N21)NC1CCCCC1. The Bertz CT molecular complexity index is 1560. The van der Waals surface area contributed by atoms with Gasteiger partial charge in [-0.15, -0.1) is 0 Å². The molecule has 9 nitrogen and oxygen atoms in total. The smallest absolute Gasteiger partial charge is 0.271 e. The van der Waals surface area contributed by atoms with E-state index in [2.05, 4.69) is 15.3 Å². The van der Waals surface area contributed by atoms with Crippen molar-refractivity contribution in [2.24, 2.45) is 9.98 Å². The van der Waals surface area contributed by atoms with Crippen LogP contribution in [-0.4, -0.2) is 49.2 Å². The van der Waals surface area contributed by atoms with Gasteiger partial charge in [0.15, 0.2) is 5.17 Å². The number of aromatic nitrogens is 2. The van der Waals surface area contributed by atoms with Crippen LogP contribution in [0.1, 0.15) is 49.8 Å². The fourth-order valence-corrected chi connectivity index (χ4v) is 6.25. The quantitative estimate of drug-likeness (QED) is 0.514. The van der Waals surface area contributed by atoms with E-state index in [4.69, 9.17) is 16.6 Å². The minimum absolute atomic E-state index is 0.000409. The highest BCUT2D eigenvalue weighted by atomic mass is 35.5. The number of nitrogens with one attached hydrogen (secondary N) is 1. The van der Waals surface area contributed by atoms with Crippen LogP contribution >= 0.6 is 23.4 Å². The van der Waals surface area contributed by atoms with Crippen LogP contribution in [0.5, 0.6) is 0 Å². The standard InChI is InChI=1S/C27H25ClN6O3S/c28-16-10-11-22-29-18(12-24(36)33(22)14-16)15-38-27-31-20-9-5-4-8-19(20)25-32-26(37)21(34(25)27)13-23(35)30-17-6-2-1-3-7-17/h4-5,8-12,14,17,21H,1-3,6-7,13,15H2,(H,30,35). The molecule has 1 unspecified atom stereocenters. The van der Waals surface area contributed by atoms with Crippen LogP contribution in [0.2, 0.25) is 5.02 Å². The lowest BCUT2D eigenvalue weighted by Crippen LogP contribution is -2.47. The second-order valence-corrected chi connectivity index (χ2v) is 11.0. The number of amides is 2. The molecule has 2 amide bonds. The van der Waals surface area contributed by atoms with Gasteiger partial charge in [0.25, 0.3) is 11.5 Å². The zero-order valence-electron chi connectivity index (χ0n) is 20.5. The summed E-state index contributed by atoms with van der Waals surface area (Å²) in [6, 6.07) is 11.7. The van der Waals surface area contributed by atoms with E-state index in [-0.39, 0.29) is 29.8 Å². The van der Waals surface area contributed by atoms with Gasteiger partial charge in [-0.25, -0.2) is 9.98 Å². The number of aliphatic imine (C=N–C) groups is 2. The summed E-state index contributed by atoms with van der Waals surface area (Å²) in [5, 5.41) is 4.10. The van der Waals surface area contributed by atoms with Crippen LogP contribution in [0.15, 0.2) is 63.4 Å². The lowest BCUT2D eigenvalue weighted by molar-refractivity contribution is -0.127. The molecule has 0 radical (unpaired) electrons. The Morgan fingerprint density at radius 3 is 2.74 bits per heavy atom. The van der Waals surface area contributed by atoms with Crippen molar-refractivity contribution in [1.29, 1.82) is 0 Å². The minimum atomic E-state index is -0.773. The van der Waals surface area contributed by atoms with Gasteiger partial charge in [-0.2, -0.15) is 4.99 Å². The summed E-state index contributed by atoms with van der Waals surface area (Å²) in [5.41, 5.74) is 2.27. The van der Waals surface area contributed by atoms with Crippen LogP contribution in [-0.2, 0) is 15.3 Å². The zero-order chi connectivity index (χ0) is 26.2. The Hall–Kier alpha value is -3.50. The highest BCUT2D eigenvalue weighted by Crippen LogP contribution is 2.35. The number of rotatable bonds is 5. The van der Waals surface area contributed by atoms with Gasteiger partial charge in [0.1, 0.15) is 17.5 Å². The molecule has 194 valence electrons. The largest absolute Gasteiger partial charge is 0.353 e. The van der Waals surface area contributed by atoms with Gasteiger partial charge in [-0.05, 0) is 37.1 Å². The van der Waals surface area contributed by atoms with E-state index in [1.54, 1.807) is 17.0 Å². The van der Waals surface area contributed by atoms with E-state index >= 15 is 0 Å². The fourth-order valence-electron chi connectivity index (χ4n) is 5.15. The van der Waals surface area contributed by atoms with Gasteiger partial charge in [-0.3, -0.25) is 23.7 Å². The number of hydrogen-bond acceptors (Lipinski definition) is 7. The topological polar surface area (TPSA) is 108 Å². The Morgan fingerprint density at radius 1 is 1.08 bits per heavy atom. The molecule has 38 heavy (non-hydrogen) atoms. The second kappa shape index (κ2) is 10.3. The summed E-state index contributed by atoms with van der Waals surface area (Å²) in [4.78, 5) is 54.2. The highest BCUT2D eigenvalue weighted by molar-refractivity contribution is 8.13. The maximum absolute atomic E-state index is 13.1. The summed E-state index contributed by atoms with van der Waals surface area (Å²) in [6.07, 6.45) is 6.88. The van der Waals surface area contributed by atoms with Gasteiger partial charge in [-0.1, -0.05) is 54.8 Å². The Labute approximate surface area is 228 Å². The van der Waals surface area contributed by atoms with Gasteiger partial charge >= 0.3 is 0 Å². The number of fused-ring (bicyclic) bond motifs is 4. The first-order valence-corrected chi connectivity index (χ1v) is 14.0. The van der Waals surface area contributed by atoms with Crippen molar-refractivity contribution < 1.29 is 9.59 Å². The predicted molar refractivity (Wildman–Crippen MR) is 148 cm³/mol. The van der Waals surface area contributed by atoms with Crippen LogP contribution in [0, 0.1) is 0 Å². The van der Waals surface area contributed by atoms with E-state index < -0.39 is 6.04 Å². The third-order valence-corrected chi connectivity index (χ3v) is 8.19. The molecule has 11 heteroatoms. The lowest BCUT2D eigenvalue weighted by atomic mass is 9.95. The third-order valence-electron chi connectivity index (χ3n) is 6.98. The van der Waals surface area contributed by atoms with Crippen molar-refractivity contribution in [2.75, 3.05) is 0 Å². The third kappa shape index (κ3) is 4.86. The van der Waals surface area contributed by atoms with Gasteiger partial charge in [0.2, 0.25) is 5.91 Å². The molecule has 0 bridgehead atoms. The van der Waals surface area contributed by atoms with E-state index in [1.165, 1.54) is 34.8 Å². The monoisotopic (exact) mass is 548 g/mol. The Kier molecular flexibility index (Phi) is 6.75. The number of nitrogens with zero attached hydrogens (tertiary/aromatic N) is 5. The molecule has 4 heterocycles. The van der Waals surface area contributed by atoms with Crippen molar-refractivity contribution in [1.82, 2.24) is 19.6 Å². The number of pyridine rings is 1. The highest BCUT2D eigenvalue weighted by Gasteiger charge is 2.43. The normalized spacial score (nSPS) is 19.1. The van der Waals surface area contributed by atoms with E-state index in [1.807, 2.05) is 24.3 Å². The number of hydrogen-bond donors (Lipinski definition) is 1. The van der Waals surface area contributed by atoms with Crippen molar-refractivity contribution in [2.45, 2.75) is 56.4 Å². The van der Waals surface area contributed by atoms with Crippen molar-refractivity contribution in [3.05, 3.63) is 75.3 Å². The summed E-state index contributed by atoms with van der Waals surface area (Å²) < 4.78 is 1.40. The number of carbonyl (C=O) groups excluding carboxylic acids is 2. The molecule has 1 aromatic carbocycles. The van der Waals surface area contributed by atoms with Crippen LogP contribution < -0.4 is 10.9 Å². The van der Waals surface area contributed by atoms with E-state index in [9.17, 15) is 14.4 Å². The molecule has 1 aliphatic carbocycles. The Balaban J connectivity index is 1.26. The van der Waals surface area contributed by atoms with Crippen LogP contribution in [0.25, 0.3) is 5.65 Å². The second-order valence-electron chi connectivity index (χ2n) is 9.63. The molecule has 1 saturated carbocycles. The average Bonchev–Trinajstić information content (AvgIpc) is 3.24. The van der Waals surface area contributed by atoms with Crippen molar-refractivity contribution in [3.63, 3.8) is 0 Å². The molecule has 0 saturated heterocycles. The first-order valence-electron chi connectivity index (χ1n) is 12.7. The zero-order valence-corrected chi connectivity index (χ0v) is 22.0. The fraction of sp³-hybridized carbons (Fsp3) is 0.333. The minimum Gasteiger partial charge on any atom is -0.353 e. The van der Waals surface area contributed by atoms with Gasteiger partial charge in [0.05, 0.1) is 22.8 Å². The molecule has 1 fully saturated rings. The molecular formula is C27H25ClN6O3S. The van der Waals surface area contributed by atoms with Crippen molar-refractivity contribution >= 4 is 57.5 Å². The average molecular weight is 549 g/mol. The number of para-hydroxylation sites is 1. The lowest BCUT2D eigenvalue weighted by Gasteiger charge is -2.31. The maximum Gasteiger partial charge on any atom is 0.271 e. The maximum atomic E-state index is 13.1. The summed E-state index contributed by atoms with van der Waals surface area (Å²) in [5.74, 6) is 0.328. The van der Waals surface area contributed by atoms with Gasteiger partial charge in [0, 0.05) is 29.6 Å². The summed E-state index contributed by atoms with van der Waals surface area (Å²) in [7, 11) is 0. The molecule has 0 spiro atoms. The number of halogens is 1. The summed E-state index contributed by atoms with van der Waals surface area (Å²) >= 11 is 7.38. The number of carbonyl (C=O) groups is 2. The van der Waals surface area contributed by atoms with Crippen molar-refractivity contribution in [3.8, 4) is 0 Å². The molecular weight excluding hydrogens is 524 g/mol. The summed E-state index contributed by atoms with van der Waals surface area (Å²) in [6.45, 7) is 0. The molecule has 3 aromatic rings. The number of amidine groups is 2. The first kappa shape index (κ1) is 24.8. The Morgan fingerprint density at radius 2 is 1.89 bits per heavy atom. The number of thioether (sulfide) groups is 1. The van der Waals surface area contributed by atoms with Crippen LogP contribution in [0.4, 0.5) is 5.69 Å². The van der Waals surface area contributed by atoms with E-state index in [0.29, 0.717) is 38.8 Å².